The van der Waals surface area contributed by atoms with E-state index in [1.165, 1.54) is 15.3 Å². The standard InChI is InChI=1S/C19H21N3O4S/c23-15(22-8-2-4-12(22)19(24)25)9-14-16(11-3-1-5-13(11)27-14)18-20-17(21-26-18)10-6-7-10/h10,12H,1-9H2,(H,24,25)/t12-/m1/s1. The summed E-state index contributed by atoms with van der Waals surface area (Å²) in [5.74, 6) is 0.671. The van der Waals surface area contributed by atoms with Gasteiger partial charge in [0.2, 0.25) is 5.91 Å². The van der Waals surface area contributed by atoms with Crippen molar-refractivity contribution in [2.24, 2.45) is 0 Å². The molecule has 1 N–H and O–H groups in total. The molecular formula is C19H21N3O4S. The number of amides is 1. The number of carbonyl (C=O) groups is 2. The number of thiophene rings is 1. The van der Waals surface area contributed by atoms with Gasteiger partial charge in [-0.05, 0) is 50.5 Å². The van der Waals surface area contributed by atoms with E-state index in [0.717, 1.165) is 54.8 Å². The summed E-state index contributed by atoms with van der Waals surface area (Å²) in [6.45, 7) is 0.516. The van der Waals surface area contributed by atoms with Crippen LogP contribution >= 0.6 is 11.3 Å². The van der Waals surface area contributed by atoms with Crippen molar-refractivity contribution in [2.75, 3.05) is 6.54 Å². The van der Waals surface area contributed by atoms with Crippen LogP contribution in [-0.2, 0) is 28.9 Å². The van der Waals surface area contributed by atoms with Gasteiger partial charge in [-0.25, -0.2) is 4.79 Å². The summed E-state index contributed by atoms with van der Waals surface area (Å²) >= 11 is 1.65. The van der Waals surface area contributed by atoms with Gasteiger partial charge in [-0.2, -0.15) is 4.98 Å². The van der Waals surface area contributed by atoms with E-state index in [0.29, 0.717) is 24.8 Å². The number of aliphatic carboxylic acids is 1. The highest BCUT2D eigenvalue weighted by Gasteiger charge is 2.36. The molecule has 5 rings (SSSR count). The van der Waals surface area contributed by atoms with Gasteiger partial charge in [0.25, 0.3) is 5.89 Å². The summed E-state index contributed by atoms with van der Waals surface area (Å²) in [7, 11) is 0. The Balaban J connectivity index is 1.45. The molecule has 0 radical (unpaired) electrons. The molecule has 1 atom stereocenters. The van der Waals surface area contributed by atoms with Crippen LogP contribution in [0.1, 0.15) is 59.2 Å². The molecule has 2 fully saturated rings. The fraction of sp³-hybridized carbons (Fsp3) is 0.579. The largest absolute Gasteiger partial charge is 0.480 e. The molecule has 1 saturated carbocycles. The third-order valence-corrected chi connectivity index (χ3v) is 7.05. The zero-order valence-electron chi connectivity index (χ0n) is 14.9. The van der Waals surface area contributed by atoms with Crippen LogP contribution in [0.3, 0.4) is 0 Å². The predicted molar refractivity (Wildman–Crippen MR) is 97.7 cm³/mol. The van der Waals surface area contributed by atoms with Gasteiger partial charge >= 0.3 is 5.97 Å². The Bertz CT molecular complexity index is 914. The van der Waals surface area contributed by atoms with Crippen LogP contribution in [0.2, 0.25) is 0 Å². The fourth-order valence-electron chi connectivity index (χ4n) is 4.24. The van der Waals surface area contributed by atoms with Crippen molar-refractivity contribution in [3.63, 3.8) is 0 Å². The van der Waals surface area contributed by atoms with Crippen molar-refractivity contribution >= 4 is 23.2 Å². The normalized spacial score (nSPS) is 21.6. The minimum absolute atomic E-state index is 0.122. The minimum Gasteiger partial charge on any atom is -0.480 e. The Hall–Kier alpha value is -2.22. The van der Waals surface area contributed by atoms with Crippen LogP contribution in [0.15, 0.2) is 4.52 Å². The number of fused-ring (bicyclic) bond motifs is 1. The van der Waals surface area contributed by atoms with Gasteiger partial charge in [0.1, 0.15) is 6.04 Å². The highest BCUT2D eigenvalue weighted by Crippen LogP contribution is 2.43. The summed E-state index contributed by atoms with van der Waals surface area (Å²) in [5, 5.41) is 13.5. The summed E-state index contributed by atoms with van der Waals surface area (Å²) in [6.07, 6.45) is 6.80. The smallest absolute Gasteiger partial charge is 0.326 e. The first-order chi connectivity index (χ1) is 13.1. The lowest BCUT2D eigenvalue weighted by Crippen LogP contribution is -2.41. The van der Waals surface area contributed by atoms with E-state index in [-0.39, 0.29) is 12.3 Å². The number of hydrogen-bond donors (Lipinski definition) is 1. The third kappa shape index (κ3) is 2.96. The average molecular weight is 387 g/mol. The molecular weight excluding hydrogens is 366 g/mol. The maximum atomic E-state index is 12.9. The molecule has 1 saturated heterocycles. The first-order valence-electron chi connectivity index (χ1n) is 9.61. The second-order valence-corrected chi connectivity index (χ2v) is 8.84. The molecule has 3 aliphatic rings. The quantitative estimate of drug-likeness (QED) is 0.847. The van der Waals surface area contributed by atoms with Gasteiger partial charge in [0.05, 0.1) is 12.0 Å². The predicted octanol–water partition coefficient (Wildman–Crippen LogP) is 2.78. The first kappa shape index (κ1) is 16.9. The number of rotatable bonds is 5. The van der Waals surface area contributed by atoms with Crippen molar-refractivity contribution in [3.8, 4) is 11.5 Å². The van der Waals surface area contributed by atoms with E-state index in [9.17, 15) is 14.7 Å². The average Bonchev–Trinajstić information content (AvgIpc) is 3.05. The van der Waals surface area contributed by atoms with E-state index >= 15 is 0 Å². The number of carboxylic acids is 1. The molecule has 27 heavy (non-hydrogen) atoms. The van der Waals surface area contributed by atoms with E-state index < -0.39 is 12.0 Å². The van der Waals surface area contributed by atoms with Gasteiger partial charge in [-0.1, -0.05) is 5.16 Å². The zero-order chi connectivity index (χ0) is 18.5. The highest BCUT2D eigenvalue weighted by molar-refractivity contribution is 7.12. The summed E-state index contributed by atoms with van der Waals surface area (Å²) < 4.78 is 5.57. The Morgan fingerprint density at radius 2 is 2.07 bits per heavy atom. The summed E-state index contributed by atoms with van der Waals surface area (Å²) in [5.41, 5.74) is 2.18. The van der Waals surface area contributed by atoms with Crippen LogP contribution in [-0.4, -0.2) is 44.6 Å². The minimum atomic E-state index is -0.916. The molecule has 2 aromatic rings. The molecule has 0 bridgehead atoms. The topological polar surface area (TPSA) is 96.5 Å². The Morgan fingerprint density at radius 1 is 1.22 bits per heavy atom. The summed E-state index contributed by atoms with van der Waals surface area (Å²) in [6, 6.07) is -0.697. The highest BCUT2D eigenvalue weighted by atomic mass is 32.1. The number of aromatic nitrogens is 2. The van der Waals surface area contributed by atoms with E-state index in [4.69, 9.17) is 4.52 Å². The molecule has 0 aromatic carbocycles. The molecule has 0 spiro atoms. The molecule has 1 amide bonds. The third-order valence-electron chi connectivity index (χ3n) is 5.76. The van der Waals surface area contributed by atoms with E-state index in [1.54, 1.807) is 11.3 Å². The molecule has 0 unspecified atom stereocenters. The number of carboxylic acid groups (broad SMARTS) is 1. The van der Waals surface area contributed by atoms with Crippen molar-refractivity contribution in [1.29, 1.82) is 0 Å². The van der Waals surface area contributed by atoms with Crippen molar-refractivity contribution in [3.05, 3.63) is 21.1 Å². The first-order valence-corrected chi connectivity index (χ1v) is 10.4. The number of aryl methyl sites for hydroxylation is 1. The van der Waals surface area contributed by atoms with E-state index in [1.807, 2.05) is 0 Å². The van der Waals surface area contributed by atoms with E-state index in [2.05, 4.69) is 10.1 Å². The maximum Gasteiger partial charge on any atom is 0.326 e. The number of hydrogen-bond acceptors (Lipinski definition) is 6. The zero-order valence-corrected chi connectivity index (χ0v) is 15.8. The van der Waals surface area contributed by atoms with Crippen LogP contribution in [0.5, 0.6) is 0 Å². The van der Waals surface area contributed by atoms with Crippen LogP contribution < -0.4 is 0 Å². The second kappa shape index (κ2) is 6.44. The molecule has 2 aliphatic carbocycles. The summed E-state index contributed by atoms with van der Waals surface area (Å²) in [4.78, 5) is 32.6. The fourth-order valence-corrected chi connectivity index (χ4v) is 5.62. The van der Waals surface area contributed by atoms with Gasteiger partial charge < -0.3 is 14.5 Å². The van der Waals surface area contributed by atoms with Crippen molar-refractivity contribution in [2.45, 2.75) is 63.3 Å². The Labute approximate surface area is 160 Å². The number of nitrogens with zero attached hydrogens (tertiary/aromatic N) is 3. The van der Waals surface area contributed by atoms with Gasteiger partial charge in [0, 0.05) is 22.2 Å². The molecule has 7 nitrogen and oxygen atoms in total. The number of likely N-dealkylation sites (tertiary alicyclic amines) is 1. The molecule has 142 valence electrons. The van der Waals surface area contributed by atoms with Crippen molar-refractivity contribution < 1.29 is 19.2 Å². The molecule has 2 aromatic heterocycles. The van der Waals surface area contributed by atoms with Gasteiger partial charge in [-0.3, -0.25) is 4.79 Å². The van der Waals surface area contributed by atoms with Crippen LogP contribution in [0, 0.1) is 0 Å². The van der Waals surface area contributed by atoms with Crippen LogP contribution in [0.4, 0.5) is 0 Å². The Kier molecular flexibility index (Phi) is 4.03. The lowest BCUT2D eigenvalue weighted by Gasteiger charge is -2.21. The second-order valence-electron chi connectivity index (χ2n) is 7.65. The lowest BCUT2D eigenvalue weighted by molar-refractivity contribution is -0.147. The SMILES string of the molecule is O=C(O)[C@H]1CCCN1C(=O)Cc1sc2c(c1-c1nc(C3CC3)no1)CCC2. The van der Waals surface area contributed by atoms with Gasteiger partial charge in [-0.15, -0.1) is 11.3 Å². The van der Waals surface area contributed by atoms with Crippen molar-refractivity contribution in [1.82, 2.24) is 15.0 Å². The van der Waals surface area contributed by atoms with Crippen LogP contribution in [0.25, 0.3) is 11.5 Å². The molecule has 1 aliphatic heterocycles. The molecule has 3 heterocycles. The Morgan fingerprint density at radius 3 is 2.85 bits per heavy atom. The van der Waals surface area contributed by atoms with Gasteiger partial charge in [0.15, 0.2) is 5.82 Å². The monoisotopic (exact) mass is 387 g/mol. The molecule has 8 heteroatoms. The number of carbonyl (C=O) groups excluding carboxylic acids is 1. The maximum absolute atomic E-state index is 12.9. The lowest BCUT2D eigenvalue weighted by atomic mass is 10.1.